The smallest absolute Gasteiger partial charge is 0.220 e. The van der Waals surface area contributed by atoms with Gasteiger partial charge in [-0.05, 0) is 48.7 Å². The molecule has 0 unspecified atom stereocenters. The highest BCUT2D eigenvalue weighted by Gasteiger charge is 2.16. The summed E-state index contributed by atoms with van der Waals surface area (Å²) >= 11 is 0. The molecule has 1 fully saturated rings. The van der Waals surface area contributed by atoms with Crippen molar-refractivity contribution in [3.8, 4) is 11.4 Å². The number of hydrogen-bond donors (Lipinski definition) is 2. The van der Waals surface area contributed by atoms with Gasteiger partial charge in [-0.1, -0.05) is 24.3 Å². The maximum Gasteiger partial charge on any atom is 0.220 e. The van der Waals surface area contributed by atoms with Gasteiger partial charge in [0.2, 0.25) is 5.91 Å². The predicted octanol–water partition coefficient (Wildman–Crippen LogP) is 4.29. The molecule has 5 rings (SSSR count). The Labute approximate surface area is 198 Å². The van der Waals surface area contributed by atoms with Crippen LogP contribution in [0.25, 0.3) is 33.2 Å². The molecule has 0 radical (unpaired) electrons. The largest absolute Gasteiger partial charge is 0.379 e. The van der Waals surface area contributed by atoms with Gasteiger partial charge in [0.15, 0.2) is 0 Å². The highest BCUT2D eigenvalue weighted by molar-refractivity contribution is 5.91. The summed E-state index contributed by atoms with van der Waals surface area (Å²) in [6.07, 6.45) is 1.76. The lowest BCUT2D eigenvalue weighted by atomic mass is 10.0. The van der Waals surface area contributed by atoms with Crippen LogP contribution in [0.2, 0.25) is 0 Å². The van der Waals surface area contributed by atoms with Crippen LogP contribution in [0, 0.1) is 5.82 Å². The number of pyridine rings is 1. The number of halogens is 1. The molecule has 7 heteroatoms. The van der Waals surface area contributed by atoms with E-state index in [0.29, 0.717) is 25.8 Å². The number of aromatic amines is 1. The first kappa shape index (κ1) is 22.5. The number of aromatic nitrogens is 2. The number of carbonyl (C=O) groups is 1. The number of benzene rings is 2. The van der Waals surface area contributed by atoms with Crippen LogP contribution >= 0.6 is 0 Å². The topological polar surface area (TPSA) is 70.2 Å². The van der Waals surface area contributed by atoms with Crippen LogP contribution in [0.5, 0.6) is 0 Å². The molecule has 34 heavy (non-hydrogen) atoms. The Morgan fingerprint density at radius 2 is 1.97 bits per heavy atom. The molecular weight excluding hydrogens is 431 g/mol. The maximum atomic E-state index is 14.1. The number of fused-ring (bicyclic) bond motifs is 2. The van der Waals surface area contributed by atoms with Crippen molar-refractivity contribution in [1.82, 2.24) is 20.2 Å². The molecule has 4 aromatic rings. The SMILES string of the molecule is O=C(CCCc1c(-c2ccc3ccccc3n2)[nH]c2ccc(F)cc12)NCCN1CCOCC1. The van der Waals surface area contributed by atoms with Crippen molar-refractivity contribution in [3.63, 3.8) is 0 Å². The first-order valence-electron chi connectivity index (χ1n) is 11.9. The minimum absolute atomic E-state index is 0.0460. The molecule has 0 bridgehead atoms. The Balaban J connectivity index is 1.28. The highest BCUT2D eigenvalue weighted by atomic mass is 19.1. The molecule has 2 aromatic heterocycles. The van der Waals surface area contributed by atoms with Gasteiger partial charge in [0, 0.05) is 48.9 Å². The summed E-state index contributed by atoms with van der Waals surface area (Å²) in [6.45, 7) is 4.83. The predicted molar refractivity (Wildman–Crippen MR) is 132 cm³/mol. The summed E-state index contributed by atoms with van der Waals surface area (Å²) in [6, 6.07) is 16.8. The third-order valence-electron chi connectivity index (χ3n) is 6.41. The van der Waals surface area contributed by atoms with Gasteiger partial charge >= 0.3 is 0 Å². The molecule has 1 aliphatic rings. The van der Waals surface area contributed by atoms with Crippen LogP contribution in [0.3, 0.4) is 0 Å². The third kappa shape index (κ3) is 5.11. The minimum Gasteiger partial charge on any atom is -0.379 e. The average molecular weight is 461 g/mol. The van der Waals surface area contributed by atoms with E-state index >= 15 is 0 Å². The van der Waals surface area contributed by atoms with Gasteiger partial charge in [0.25, 0.3) is 0 Å². The molecule has 0 saturated carbocycles. The molecule has 0 atom stereocenters. The van der Waals surface area contributed by atoms with Crippen LogP contribution in [0.1, 0.15) is 18.4 Å². The van der Waals surface area contributed by atoms with Crippen molar-refractivity contribution in [2.45, 2.75) is 19.3 Å². The third-order valence-corrected chi connectivity index (χ3v) is 6.41. The van der Waals surface area contributed by atoms with Crippen molar-refractivity contribution < 1.29 is 13.9 Å². The van der Waals surface area contributed by atoms with Crippen molar-refractivity contribution in [2.24, 2.45) is 0 Å². The van der Waals surface area contributed by atoms with Crippen LogP contribution in [0.15, 0.2) is 54.6 Å². The Hall–Kier alpha value is -3.29. The zero-order valence-electron chi connectivity index (χ0n) is 19.1. The van der Waals surface area contributed by atoms with Crippen LogP contribution < -0.4 is 5.32 Å². The van der Waals surface area contributed by atoms with Gasteiger partial charge in [0.05, 0.1) is 30.1 Å². The highest BCUT2D eigenvalue weighted by Crippen LogP contribution is 2.32. The van der Waals surface area contributed by atoms with Gasteiger partial charge in [-0.15, -0.1) is 0 Å². The zero-order chi connectivity index (χ0) is 23.3. The van der Waals surface area contributed by atoms with E-state index in [0.717, 1.165) is 71.6 Å². The Morgan fingerprint density at radius 1 is 1.12 bits per heavy atom. The van der Waals surface area contributed by atoms with E-state index in [1.807, 2.05) is 30.3 Å². The molecule has 1 amide bonds. The van der Waals surface area contributed by atoms with Crippen LogP contribution in [-0.4, -0.2) is 60.2 Å². The number of rotatable bonds is 8. The summed E-state index contributed by atoms with van der Waals surface area (Å²) in [4.78, 5) is 23.0. The van der Waals surface area contributed by atoms with E-state index in [1.54, 1.807) is 12.1 Å². The lowest BCUT2D eigenvalue weighted by molar-refractivity contribution is -0.121. The summed E-state index contributed by atoms with van der Waals surface area (Å²) < 4.78 is 19.4. The molecular formula is C27H29FN4O2. The van der Waals surface area contributed by atoms with E-state index in [9.17, 15) is 9.18 Å². The van der Waals surface area contributed by atoms with E-state index in [-0.39, 0.29) is 11.7 Å². The van der Waals surface area contributed by atoms with Crippen LogP contribution in [0.4, 0.5) is 4.39 Å². The second-order valence-corrected chi connectivity index (χ2v) is 8.72. The lowest BCUT2D eigenvalue weighted by Crippen LogP contribution is -2.41. The second-order valence-electron chi connectivity index (χ2n) is 8.72. The Morgan fingerprint density at radius 3 is 2.85 bits per heavy atom. The molecule has 3 heterocycles. The zero-order valence-corrected chi connectivity index (χ0v) is 19.1. The lowest BCUT2D eigenvalue weighted by Gasteiger charge is -2.26. The first-order chi connectivity index (χ1) is 16.7. The Bertz CT molecular complexity index is 1300. The number of ether oxygens (including phenoxy) is 1. The minimum atomic E-state index is -0.272. The van der Waals surface area contributed by atoms with Gasteiger partial charge < -0.3 is 15.0 Å². The van der Waals surface area contributed by atoms with Crippen LogP contribution in [-0.2, 0) is 16.0 Å². The molecule has 0 spiro atoms. The maximum absolute atomic E-state index is 14.1. The average Bonchev–Trinajstić information content (AvgIpc) is 3.22. The van der Waals surface area contributed by atoms with Crippen molar-refractivity contribution in [1.29, 1.82) is 0 Å². The molecule has 1 saturated heterocycles. The number of aryl methyl sites for hydroxylation is 1. The molecule has 6 nitrogen and oxygen atoms in total. The van der Waals surface area contributed by atoms with Crippen molar-refractivity contribution >= 4 is 27.7 Å². The van der Waals surface area contributed by atoms with Crippen molar-refractivity contribution in [2.75, 3.05) is 39.4 Å². The number of para-hydroxylation sites is 1. The summed E-state index contributed by atoms with van der Waals surface area (Å²) in [5, 5.41) is 4.94. The fraction of sp³-hybridized carbons (Fsp3) is 0.333. The fourth-order valence-corrected chi connectivity index (χ4v) is 4.60. The summed E-state index contributed by atoms with van der Waals surface area (Å²) in [5.41, 5.74) is 4.49. The van der Waals surface area contributed by atoms with E-state index in [4.69, 9.17) is 9.72 Å². The number of morpholine rings is 1. The normalized spacial score (nSPS) is 14.6. The standard InChI is InChI=1S/C27H29FN4O2/c28-20-9-11-24-22(18-20)21(5-3-7-26(33)29-12-13-32-14-16-34-17-15-32)27(31-24)25-10-8-19-4-1-2-6-23(19)30-25/h1-2,4,6,8-11,18,31H,3,5,7,12-17H2,(H,29,33). The number of nitrogens with zero attached hydrogens (tertiary/aromatic N) is 2. The summed E-state index contributed by atoms with van der Waals surface area (Å²) in [7, 11) is 0. The first-order valence-corrected chi connectivity index (χ1v) is 11.9. The molecule has 176 valence electrons. The molecule has 2 aromatic carbocycles. The van der Waals surface area contributed by atoms with Gasteiger partial charge in [0.1, 0.15) is 5.82 Å². The second kappa shape index (κ2) is 10.3. The number of nitrogens with one attached hydrogen (secondary N) is 2. The van der Waals surface area contributed by atoms with Gasteiger partial charge in [-0.2, -0.15) is 0 Å². The summed E-state index contributed by atoms with van der Waals surface area (Å²) in [5.74, 6) is -0.226. The quantitative estimate of drug-likeness (QED) is 0.412. The van der Waals surface area contributed by atoms with E-state index < -0.39 is 0 Å². The fourth-order valence-electron chi connectivity index (χ4n) is 4.60. The van der Waals surface area contributed by atoms with E-state index in [1.165, 1.54) is 6.07 Å². The van der Waals surface area contributed by atoms with E-state index in [2.05, 4.69) is 21.3 Å². The molecule has 1 aliphatic heterocycles. The van der Waals surface area contributed by atoms with Gasteiger partial charge in [-0.3, -0.25) is 9.69 Å². The van der Waals surface area contributed by atoms with Crippen molar-refractivity contribution in [3.05, 3.63) is 66.0 Å². The Kier molecular flexibility index (Phi) is 6.83. The number of H-pyrrole nitrogens is 1. The van der Waals surface area contributed by atoms with Gasteiger partial charge in [-0.25, -0.2) is 9.37 Å². The molecule has 2 N–H and O–H groups in total. The number of hydrogen-bond acceptors (Lipinski definition) is 4. The molecule has 0 aliphatic carbocycles. The number of amides is 1. The monoisotopic (exact) mass is 460 g/mol. The number of carbonyl (C=O) groups excluding carboxylic acids is 1.